The fraction of sp³-hybridized carbons (Fsp3) is 0.571. The van der Waals surface area contributed by atoms with E-state index in [2.05, 4.69) is 27.8 Å². The maximum Gasteiger partial charge on any atom is 0.292 e. The van der Waals surface area contributed by atoms with Crippen molar-refractivity contribution in [3.63, 3.8) is 0 Å². The Bertz CT molecular complexity index is 459. The Labute approximate surface area is 122 Å². The first-order valence-electron chi connectivity index (χ1n) is 6.77. The molecule has 104 valence electrons. The summed E-state index contributed by atoms with van der Waals surface area (Å²) in [5.74, 6) is 0. The van der Waals surface area contributed by atoms with Crippen LogP contribution in [0.4, 0.5) is 11.4 Å². The first-order valence-corrected chi connectivity index (χ1v) is 7.89. The molecule has 0 bridgehead atoms. The van der Waals surface area contributed by atoms with Gasteiger partial charge in [0.15, 0.2) is 0 Å². The molecule has 0 heterocycles. The van der Waals surface area contributed by atoms with Crippen LogP contribution >= 0.6 is 15.9 Å². The van der Waals surface area contributed by atoms with E-state index in [1.807, 2.05) is 12.1 Å². The van der Waals surface area contributed by atoms with Crippen molar-refractivity contribution in [3.05, 3.63) is 33.9 Å². The summed E-state index contributed by atoms with van der Waals surface area (Å²) in [6.07, 6.45) is 4.75. The first-order chi connectivity index (χ1) is 9.17. The summed E-state index contributed by atoms with van der Waals surface area (Å²) in [5.41, 5.74) is 1.94. The Morgan fingerprint density at radius 2 is 2.11 bits per heavy atom. The molecule has 0 amide bonds. The number of nitro groups is 1. The summed E-state index contributed by atoms with van der Waals surface area (Å²) < 4.78 is 0. The van der Waals surface area contributed by atoms with Crippen molar-refractivity contribution in [2.45, 2.75) is 44.0 Å². The summed E-state index contributed by atoms with van der Waals surface area (Å²) in [6.45, 7) is 2.89. The van der Waals surface area contributed by atoms with Gasteiger partial charge in [-0.25, -0.2) is 0 Å². The van der Waals surface area contributed by atoms with E-state index in [0.717, 1.165) is 30.6 Å². The van der Waals surface area contributed by atoms with Gasteiger partial charge in [0.05, 0.1) is 4.92 Å². The number of hydrogen-bond donors (Lipinski definition) is 0. The zero-order valence-electron chi connectivity index (χ0n) is 11.1. The summed E-state index contributed by atoms with van der Waals surface area (Å²) >= 11 is 3.35. The molecule has 5 heteroatoms. The van der Waals surface area contributed by atoms with E-state index < -0.39 is 0 Å². The predicted molar refractivity (Wildman–Crippen MR) is 81.0 cm³/mol. The molecule has 1 aliphatic carbocycles. The smallest absolute Gasteiger partial charge is 0.292 e. The highest BCUT2D eigenvalue weighted by atomic mass is 79.9. The van der Waals surface area contributed by atoms with Gasteiger partial charge in [-0.3, -0.25) is 10.1 Å². The third-order valence-electron chi connectivity index (χ3n) is 3.81. The van der Waals surface area contributed by atoms with Crippen LogP contribution in [0.2, 0.25) is 0 Å². The zero-order valence-corrected chi connectivity index (χ0v) is 12.7. The molecule has 0 atom stereocenters. The monoisotopic (exact) mass is 326 g/mol. The van der Waals surface area contributed by atoms with Crippen LogP contribution in [0, 0.1) is 10.1 Å². The van der Waals surface area contributed by atoms with Gasteiger partial charge >= 0.3 is 0 Å². The molecular formula is C14H19BrN2O2. The minimum atomic E-state index is -0.265. The van der Waals surface area contributed by atoms with Crippen molar-refractivity contribution >= 4 is 27.3 Å². The Kier molecular flexibility index (Phi) is 4.80. The van der Waals surface area contributed by atoms with E-state index >= 15 is 0 Å². The average Bonchev–Trinajstić information content (AvgIpc) is 2.93. The second kappa shape index (κ2) is 6.37. The molecule has 0 unspecified atom stereocenters. The molecule has 0 saturated heterocycles. The lowest BCUT2D eigenvalue weighted by Gasteiger charge is -2.29. The van der Waals surface area contributed by atoms with E-state index in [-0.39, 0.29) is 10.6 Å². The average molecular weight is 327 g/mol. The van der Waals surface area contributed by atoms with Crippen molar-refractivity contribution < 1.29 is 4.92 Å². The second-order valence-corrected chi connectivity index (χ2v) is 5.50. The number of benzene rings is 1. The zero-order chi connectivity index (χ0) is 13.8. The van der Waals surface area contributed by atoms with Crippen LogP contribution in [0.1, 0.15) is 38.2 Å². The normalized spacial score (nSPS) is 15.7. The lowest BCUT2D eigenvalue weighted by Crippen LogP contribution is -2.33. The Morgan fingerprint density at radius 1 is 1.42 bits per heavy atom. The molecule has 1 aromatic carbocycles. The molecule has 0 aliphatic heterocycles. The van der Waals surface area contributed by atoms with Crippen molar-refractivity contribution in [3.8, 4) is 0 Å². The number of nitro benzene ring substituents is 1. The quantitative estimate of drug-likeness (QED) is 0.461. The van der Waals surface area contributed by atoms with Crippen molar-refractivity contribution in [2.75, 3.05) is 11.4 Å². The number of hydrogen-bond acceptors (Lipinski definition) is 3. The maximum atomic E-state index is 11.3. The molecule has 19 heavy (non-hydrogen) atoms. The Morgan fingerprint density at radius 3 is 2.63 bits per heavy atom. The highest BCUT2D eigenvalue weighted by Crippen LogP contribution is 2.35. The lowest BCUT2D eigenvalue weighted by atomic mass is 10.1. The SMILES string of the molecule is CCN(c1ccc(CBr)cc1[N+](=O)[O-])C1CCCC1. The van der Waals surface area contributed by atoms with Gasteiger partial charge in [0.2, 0.25) is 0 Å². The molecule has 2 rings (SSSR count). The molecule has 1 aliphatic rings. The van der Waals surface area contributed by atoms with Crippen LogP contribution < -0.4 is 4.90 Å². The molecule has 1 fully saturated rings. The lowest BCUT2D eigenvalue weighted by molar-refractivity contribution is -0.384. The van der Waals surface area contributed by atoms with Crippen molar-refractivity contribution in [1.29, 1.82) is 0 Å². The first kappa shape index (κ1) is 14.3. The summed E-state index contributed by atoms with van der Waals surface area (Å²) in [6, 6.07) is 6.01. The van der Waals surface area contributed by atoms with Gasteiger partial charge in [-0.1, -0.05) is 34.8 Å². The largest absolute Gasteiger partial charge is 0.363 e. The van der Waals surface area contributed by atoms with Crippen molar-refractivity contribution in [1.82, 2.24) is 0 Å². The fourth-order valence-electron chi connectivity index (χ4n) is 2.88. The fourth-order valence-corrected chi connectivity index (χ4v) is 3.23. The van der Waals surface area contributed by atoms with Gasteiger partial charge in [-0.15, -0.1) is 0 Å². The van der Waals surface area contributed by atoms with Crippen LogP contribution in [-0.2, 0) is 5.33 Å². The van der Waals surface area contributed by atoms with E-state index in [1.54, 1.807) is 6.07 Å². The summed E-state index contributed by atoms with van der Waals surface area (Å²) in [5, 5.41) is 11.9. The molecule has 0 N–H and O–H groups in total. The highest BCUT2D eigenvalue weighted by molar-refractivity contribution is 9.08. The molecule has 0 aromatic heterocycles. The van der Waals surface area contributed by atoms with Crippen LogP contribution in [0.5, 0.6) is 0 Å². The van der Waals surface area contributed by atoms with E-state index in [0.29, 0.717) is 11.4 Å². The molecule has 1 saturated carbocycles. The van der Waals surface area contributed by atoms with Gasteiger partial charge in [-0.2, -0.15) is 0 Å². The molecule has 0 spiro atoms. The summed E-state index contributed by atoms with van der Waals surface area (Å²) in [4.78, 5) is 13.2. The van der Waals surface area contributed by atoms with Gasteiger partial charge in [-0.05, 0) is 31.4 Å². The molecule has 0 radical (unpaired) electrons. The van der Waals surface area contributed by atoms with Gasteiger partial charge in [0.25, 0.3) is 5.69 Å². The van der Waals surface area contributed by atoms with Crippen LogP contribution in [0.15, 0.2) is 18.2 Å². The van der Waals surface area contributed by atoms with Gasteiger partial charge < -0.3 is 4.90 Å². The molecule has 4 nitrogen and oxygen atoms in total. The topological polar surface area (TPSA) is 46.4 Å². The van der Waals surface area contributed by atoms with Crippen LogP contribution in [-0.4, -0.2) is 17.5 Å². The molecule has 1 aromatic rings. The van der Waals surface area contributed by atoms with Crippen molar-refractivity contribution in [2.24, 2.45) is 0 Å². The number of alkyl halides is 1. The van der Waals surface area contributed by atoms with Gasteiger partial charge in [0.1, 0.15) is 5.69 Å². The number of nitrogens with zero attached hydrogens (tertiary/aromatic N) is 2. The maximum absolute atomic E-state index is 11.3. The third kappa shape index (κ3) is 3.08. The minimum Gasteiger partial charge on any atom is -0.363 e. The number of halogens is 1. The second-order valence-electron chi connectivity index (χ2n) is 4.94. The van der Waals surface area contributed by atoms with Gasteiger partial charge in [0, 0.05) is 24.0 Å². The number of anilines is 1. The predicted octanol–water partition coefficient (Wildman–Crippen LogP) is 4.26. The minimum absolute atomic E-state index is 0.227. The van der Waals surface area contributed by atoms with E-state index in [1.165, 1.54) is 12.8 Å². The highest BCUT2D eigenvalue weighted by Gasteiger charge is 2.27. The summed E-state index contributed by atoms with van der Waals surface area (Å²) in [7, 11) is 0. The third-order valence-corrected chi connectivity index (χ3v) is 4.45. The Hall–Kier alpha value is -1.10. The Balaban J connectivity index is 2.38. The van der Waals surface area contributed by atoms with Crippen LogP contribution in [0.3, 0.4) is 0 Å². The standard InChI is InChI=1S/C14H19BrN2O2/c1-2-16(12-5-3-4-6-12)13-8-7-11(10-15)9-14(13)17(18)19/h7-9,12H,2-6,10H2,1H3. The van der Waals surface area contributed by atoms with E-state index in [4.69, 9.17) is 0 Å². The van der Waals surface area contributed by atoms with E-state index in [9.17, 15) is 10.1 Å². The number of rotatable bonds is 5. The molecular weight excluding hydrogens is 308 g/mol. The van der Waals surface area contributed by atoms with Crippen LogP contribution in [0.25, 0.3) is 0 Å².